The fourth-order valence-corrected chi connectivity index (χ4v) is 4.07. The minimum Gasteiger partial charge on any atom is -0.493 e. The number of carbonyl (C=O) groups is 5. The van der Waals surface area contributed by atoms with Crippen LogP contribution in [0.1, 0.15) is 36.8 Å². The highest BCUT2D eigenvalue weighted by molar-refractivity contribution is 5.98. The Morgan fingerprint density at radius 3 is 2.51 bits per heavy atom. The van der Waals surface area contributed by atoms with Gasteiger partial charge < -0.3 is 33.7 Å². The molecule has 0 spiro atoms. The second-order valence-electron chi connectivity index (χ2n) is 9.77. The second-order valence-corrected chi connectivity index (χ2v) is 9.77. The Balaban J connectivity index is 1.86. The van der Waals surface area contributed by atoms with Crippen LogP contribution in [0.2, 0.25) is 0 Å². The predicted molar refractivity (Wildman–Crippen MR) is 149 cm³/mol. The molecule has 3 rings (SSSR count). The number of cyclic esters (lactones) is 2. The monoisotopic (exact) mass is 598 g/mol. The van der Waals surface area contributed by atoms with E-state index in [0.29, 0.717) is 0 Å². The van der Waals surface area contributed by atoms with E-state index >= 15 is 0 Å². The quantitative estimate of drug-likeness (QED) is 0.174. The van der Waals surface area contributed by atoms with Gasteiger partial charge in [-0.1, -0.05) is 50.8 Å². The number of hydrogen-bond donors (Lipinski definition) is 1. The van der Waals surface area contributed by atoms with Gasteiger partial charge in [-0.15, -0.1) is 0 Å². The minimum absolute atomic E-state index is 0.0884. The topological polar surface area (TPSA) is 166 Å². The van der Waals surface area contributed by atoms with Crippen molar-refractivity contribution >= 4 is 29.8 Å². The second kappa shape index (κ2) is 15.3. The van der Waals surface area contributed by atoms with Crippen molar-refractivity contribution in [2.45, 2.75) is 45.4 Å². The van der Waals surface area contributed by atoms with Crippen LogP contribution in [0.15, 0.2) is 55.3 Å². The first-order valence-electron chi connectivity index (χ1n) is 13.4. The molecule has 1 saturated heterocycles. The van der Waals surface area contributed by atoms with Crippen LogP contribution < -0.4 is 14.8 Å². The first-order chi connectivity index (χ1) is 20.5. The maximum absolute atomic E-state index is 13.4. The molecule has 1 aliphatic heterocycles. The summed E-state index contributed by atoms with van der Waals surface area (Å²) in [5.41, 5.74) is 0.458. The van der Waals surface area contributed by atoms with Crippen molar-refractivity contribution in [3.05, 3.63) is 66.5 Å². The lowest BCUT2D eigenvalue weighted by molar-refractivity contribution is -0.176. The van der Waals surface area contributed by atoms with Gasteiger partial charge in [0.05, 0.1) is 13.0 Å². The van der Waals surface area contributed by atoms with Gasteiger partial charge in [0.1, 0.15) is 18.6 Å². The number of nitrogens with zero attached hydrogens (tertiary/aromatic N) is 1. The highest BCUT2D eigenvalue weighted by Crippen LogP contribution is 2.30. The average molecular weight is 599 g/mol. The predicted octanol–water partition coefficient (Wildman–Crippen LogP) is 2.17. The lowest BCUT2D eigenvalue weighted by Crippen LogP contribution is -2.47. The summed E-state index contributed by atoms with van der Waals surface area (Å²) in [5.74, 6) is -5.55. The van der Waals surface area contributed by atoms with E-state index in [1.54, 1.807) is 38.1 Å². The summed E-state index contributed by atoms with van der Waals surface area (Å²) in [6.45, 7) is 6.88. The maximum atomic E-state index is 13.4. The molecule has 0 saturated carbocycles. The van der Waals surface area contributed by atoms with Crippen molar-refractivity contribution in [3.8, 4) is 11.5 Å². The summed E-state index contributed by atoms with van der Waals surface area (Å²) in [5, 5.41) is 2.44. The number of carbonyl (C=O) groups excluding carboxylic acids is 5. The molecule has 1 aromatic carbocycles. The van der Waals surface area contributed by atoms with Crippen LogP contribution in [0, 0.1) is 11.8 Å². The van der Waals surface area contributed by atoms with Crippen molar-refractivity contribution in [1.82, 2.24) is 10.3 Å². The van der Waals surface area contributed by atoms with E-state index in [0.717, 1.165) is 11.6 Å². The normalized spacial score (nSPS) is 20.3. The highest BCUT2D eigenvalue weighted by Gasteiger charge is 2.42. The van der Waals surface area contributed by atoms with E-state index in [2.05, 4.69) is 16.9 Å². The molecule has 1 fully saturated rings. The fourth-order valence-electron chi connectivity index (χ4n) is 4.07. The lowest BCUT2D eigenvalue weighted by atomic mass is 9.91. The van der Waals surface area contributed by atoms with Crippen LogP contribution in [0.4, 0.5) is 0 Å². The zero-order valence-electron chi connectivity index (χ0n) is 24.3. The van der Waals surface area contributed by atoms with Crippen molar-refractivity contribution in [2.24, 2.45) is 11.8 Å². The molecule has 1 N–H and O–H groups in total. The first-order valence-corrected chi connectivity index (χ1v) is 13.4. The summed E-state index contributed by atoms with van der Waals surface area (Å²) in [4.78, 5) is 67.9. The molecule has 4 atom stereocenters. The van der Waals surface area contributed by atoms with Crippen LogP contribution in [0.5, 0.6) is 11.5 Å². The van der Waals surface area contributed by atoms with Gasteiger partial charge >= 0.3 is 23.9 Å². The number of esters is 4. The fraction of sp³-hybridized carbons (Fsp3) is 0.400. The van der Waals surface area contributed by atoms with E-state index in [1.807, 2.05) is 6.07 Å². The minimum atomic E-state index is -1.46. The summed E-state index contributed by atoms with van der Waals surface area (Å²) < 4.78 is 32.2. The zero-order chi connectivity index (χ0) is 31.5. The van der Waals surface area contributed by atoms with E-state index in [1.165, 1.54) is 26.3 Å². The molecule has 0 bridgehead atoms. The molecule has 13 nitrogen and oxygen atoms in total. The van der Waals surface area contributed by atoms with Crippen molar-refractivity contribution in [2.75, 3.05) is 20.5 Å². The third kappa shape index (κ3) is 8.77. The van der Waals surface area contributed by atoms with Crippen molar-refractivity contribution < 1.29 is 52.4 Å². The number of benzene rings is 1. The van der Waals surface area contributed by atoms with Crippen LogP contribution in [0.25, 0.3) is 0 Å². The standard InChI is InChI=1S/C30H34N2O11/c1-6-23(33)40-16-41-26-22(38-5)12-13-31-24(26)27(34)32-21-15-39-29(36)20(14-19-10-8-7-9-11-19)25(18(4)42-30(21)37)43-28(35)17(2)3/h6-13,17-18,20-21,25H,1,14-16H2,2-5H3,(H,32,34)/t18-,20+,21?,25-/m0/s1. The molecule has 1 aliphatic rings. The number of aromatic nitrogens is 1. The molecular weight excluding hydrogens is 564 g/mol. The van der Waals surface area contributed by atoms with Crippen molar-refractivity contribution in [3.63, 3.8) is 0 Å². The average Bonchev–Trinajstić information content (AvgIpc) is 3.03. The number of methoxy groups -OCH3 is 1. The summed E-state index contributed by atoms with van der Waals surface area (Å²) in [6, 6.07) is 8.97. The molecule has 0 aliphatic carbocycles. The van der Waals surface area contributed by atoms with Gasteiger partial charge in [-0.05, 0) is 18.9 Å². The summed E-state index contributed by atoms with van der Waals surface area (Å²) in [7, 11) is 1.32. The number of ether oxygens (including phenoxy) is 6. The SMILES string of the molecule is C=CC(=O)OCOc1c(OC)ccnc1C(=O)NC1COC(=O)[C@H](Cc2ccccc2)[C@@H](OC(=O)C(C)C)[C@H](C)OC1=O. The number of rotatable bonds is 11. The van der Waals surface area contributed by atoms with Crippen molar-refractivity contribution in [1.29, 1.82) is 0 Å². The Morgan fingerprint density at radius 1 is 1.14 bits per heavy atom. The third-order valence-corrected chi connectivity index (χ3v) is 6.34. The third-order valence-electron chi connectivity index (χ3n) is 6.34. The number of hydrogen-bond acceptors (Lipinski definition) is 12. The Hall–Kier alpha value is -4.94. The number of nitrogens with one attached hydrogen (secondary N) is 1. The van der Waals surface area contributed by atoms with Gasteiger partial charge in [0.25, 0.3) is 5.91 Å². The number of amides is 1. The molecule has 13 heteroatoms. The van der Waals surface area contributed by atoms with Gasteiger partial charge in [-0.25, -0.2) is 14.6 Å². The van der Waals surface area contributed by atoms with E-state index < -0.39 is 73.3 Å². The molecule has 0 radical (unpaired) electrons. The van der Waals surface area contributed by atoms with Gasteiger partial charge in [-0.2, -0.15) is 0 Å². The van der Waals surface area contributed by atoms with Crippen LogP contribution >= 0.6 is 0 Å². The van der Waals surface area contributed by atoms with Crippen LogP contribution in [-0.4, -0.2) is 73.5 Å². The molecule has 2 heterocycles. The maximum Gasteiger partial charge on any atom is 0.333 e. The van der Waals surface area contributed by atoms with Gasteiger partial charge in [0.15, 0.2) is 29.3 Å². The summed E-state index contributed by atoms with van der Waals surface area (Å²) >= 11 is 0. The Morgan fingerprint density at radius 2 is 1.86 bits per heavy atom. The Bertz CT molecular complexity index is 1330. The smallest absolute Gasteiger partial charge is 0.333 e. The molecule has 1 amide bonds. The molecular formula is C30H34N2O11. The molecule has 2 aromatic rings. The number of pyridine rings is 1. The Labute approximate surface area is 248 Å². The highest BCUT2D eigenvalue weighted by atomic mass is 16.7. The Kier molecular flexibility index (Phi) is 11.6. The van der Waals surface area contributed by atoms with Gasteiger partial charge in [0, 0.05) is 18.3 Å². The molecule has 1 unspecified atom stereocenters. The lowest BCUT2D eigenvalue weighted by Gasteiger charge is -2.29. The zero-order valence-corrected chi connectivity index (χ0v) is 24.3. The van der Waals surface area contributed by atoms with E-state index in [9.17, 15) is 24.0 Å². The van der Waals surface area contributed by atoms with E-state index in [4.69, 9.17) is 28.4 Å². The van der Waals surface area contributed by atoms with Gasteiger partial charge in [0.2, 0.25) is 6.79 Å². The van der Waals surface area contributed by atoms with Crippen LogP contribution in [0.3, 0.4) is 0 Å². The largest absolute Gasteiger partial charge is 0.493 e. The molecule has 1 aromatic heterocycles. The molecule has 43 heavy (non-hydrogen) atoms. The molecule has 230 valence electrons. The van der Waals surface area contributed by atoms with Crippen LogP contribution in [-0.2, 0) is 44.5 Å². The van der Waals surface area contributed by atoms with Gasteiger partial charge in [-0.3, -0.25) is 14.4 Å². The first kappa shape index (κ1) is 32.6. The van der Waals surface area contributed by atoms with E-state index in [-0.39, 0.29) is 23.6 Å². The summed E-state index contributed by atoms with van der Waals surface area (Å²) in [6.07, 6.45) is 0.0875.